The third-order valence-corrected chi connectivity index (χ3v) is 2.98. The molecule has 0 aromatic heterocycles. The molecular weight excluding hydrogens is 296 g/mol. The molecule has 0 bridgehead atoms. The molecule has 0 radical (unpaired) electrons. The fourth-order valence-corrected chi connectivity index (χ4v) is 1.87. The Morgan fingerprint density at radius 1 is 1.17 bits per heavy atom. The SMILES string of the molecule is CC(C)CC(N)C(=O)O.O=C(O)CNCCCc1ccccc1. The second kappa shape index (κ2) is 12.6. The Balaban J connectivity index is 0.000000468. The van der Waals surface area contributed by atoms with E-state index in [4.69, 9.17) is 15.9 Å². The van der Waals surface area contributed by atoms with Crippen LogP contribution in [0.25, 0.3) is 0 Å². The quantitative estimate of drug-likeness (QED) is 0.515. The van der Waals surface area contributed by atoms with Crippen LogP contribution in [-0.2, 0) is 16.0 Å². The highest BCUT2D eigenvalue weighted by Gasteiger charge is 2.11. The maximum absolute atomic E-state index is 10.2. The van der Waals surface area contributed by atoms with E-state index in [9.17, 15) is 9.59 Å². The molecule has 0 fully saturated rings. The topological polar surface area (TPSA) is 113 Å². The number of hydrogen-bond acceptors (Lipinski definition) is 4. The molecule has 0 spiro atoms. The van der Waals surface area contributed by atoms with Crippen LogP contribution in [0, 0.1) is 5.92 Å². The van der Waals surface area contributed by atoms with E-state index in [-0.39, 0.29) is 6.54 Å². The molecule has 1 atom stereocenters. The van der Waals surface area contributed by atoms with E-state index in [0.29, 0.717) is 12.3 Å². The zero-order chi connectivity index (χ0) is 17.7. The van der Waals surface area contributed by atoms with Crippen LogP contribution < -0.4 is 11.1 Å². The molecule has 0 saturated carbocycles. The summed E-state index contributed by atoms with van der Waals surface area (Å²) in [7, 11) is 0. The number of benzene rings is 1. The molecule has 1 unspecified atom stereocenters. The Bertz CT molecular complexity index is 449. The first-order valence-corrected chi connectivity index (χ1v) is 7.77. The van der Waals surface area contributed by atoms with E-state index < -0.39 is 18.0 Å². The molecule has 0 aliphatic rings. The number of aliphatic carboxylic acids is 2. The highest BCUT2D eigenvalue weighted by atomic mass is 16.4. The fourth-order valence-electron chi connectivity index (χ4n) is 1.87. The molecule has 1 aromatic rings. The van der Waals surface area contributed by atoms with Crippen molar-refractivity contribution in [2.24, 2.45) is 11.7 Å². The van der Waals surface area contributed by atoms with Crippen LogP contribution in [0.5, 0.6) is 0 Å². The van der Waals surface area contributed by atoms with Crippen LogP contribution in [-0.4, -0.2) is 41.3 Å². The molecule has 5 N–H and O–H groups in total. The summed E-state index contributed by atoms with van der Waals surface area (Å²) >= 11 is 0. The fraction of sp³-hybridized carbons (Fsp3) is 0.529. The smallest absolute Gasteiger partial charge is 0.320 e. The van der Waals surface area contributed by atoms with Crippen molar-refractivity contribution in [2.45, 2.75) is 39.2 Å². The Kier molecular flexibility index (Phi) is 11.6. The van der Waals surface area contributed by atoms with Crippen molar-refractivity contribution in [2.75, 3.05) is 13.1 Å². The van der Waals surface area contributed by atoms with Crippen LogP contribution in [0.1, 0.15) is 32.3 Å². The van der Waals surface area contributed by atoms with E-state index >= 15 is 0 Å². The van der Waals surface area contributed by atoms with Crippen molar-refractivity contribution in [1.29, 1.82) is 0 Å². The number of aryl methyl sites for hydroxylation is 1. The summed E-state index contributed by atoms with van der Waals surface area (Å²) in [6, 6.07) is 9.49. The zero-order valence-corrected chi connectivity index (χ0v) is 13.9. The Labute approximate surface area is 137 Å². The summed E-state index contributed by atoms with van der Waals surface area (Å²) in [5, 5.41) is 19.5. The first-order chi connectivity index (χ1) is 10.8. The summed E-state index contributed by atoms with van der Waals surface area (Å²) in [5.74, 6) is -1.36. The molecule has 0 amide bonds. The van der Waals surface area contributed by atoms with Gasteiger partial charge in [-0.05, 0) is 37.3 Å². The van der Waals surface area contributed by atoms with Gasteiger partial charge in [-0.2, -0.15) is 0 Å². The average Bonchev–Trinajstić information content (AvgIpc) is 2.47. The molecule has 6 nitrogen and oxygen atoms in total. The molecule has 0 aliphatic carbocycles. The van der Waals surface area contributed by atoms with Crippen LogP contribution in [0.4, 0.5) is 0 Å². The van der Waals surface area contributed by atoms with Gasteiger partial charge in [0.25, 0.3) is 0 Å². The van der Waals surface area contributed by atoms with Gasteiger partial charge in [0.15, 0.2) is 0 Å². The van der Waals surface area contributed by atoms with Gasteiger partial charge in [0.2, 0.25) is 0 Å². The predicted molar refractivity (Wildman–Crippen MR) is 90.3 cm³/mol. The summed E-state index contributed by atoms with van der Waals surface area (Å²) in [6.07, 6.45) is 2.51. The molecule has 1 aromatic carbocycles. The first kappa shape index (κ1) is 21.1. The lowest BCUT2D eigenvalue weighted by Crippen LogP contribution is -2.31. The Morgan fingerprint density at radius 2 is 1.78 bits per heavy atom. The molecule has 1 rings (SSSR count). The Morgan fingerprint density at radius 3 is 2.22 bits per heavy atom. The minimum atomic E-state index is -0.913. The highest BCUT2D eigenvalue weighted by molar-refractivity contribution is 5.73. The van der Waals surface area contributed by atoms with Crippen molar-refractivity contribution in [3.63, 3.8) is 0 Å². The minimum absolute atomic E-state index is 0.0504. The molecule has 0 aliphatic heterocycles. The van der Waals surface area contributed by atoms with Crippen molar-refractivity contribution in [1.82, 2.24) is 5.32 Å². The number of nitrogens with one attached hydrogen (secondary N) is 1. The van der Waals surface area contributed by atoms with E-state index in [0.717, 1.165) is 19.4 Å². The van der Waals surface area contributed by atoms with Crippen LogP contribution in [0.15, 0.2) is 30.3 Å². The van der Waals surface area contributed by atoms with Gasteiger partial charge in [0, 0.05) is 0 Å². The molecule has 23 heavy (non-hydrogen) atoms. The van der Waals surface area contributed by atoms with E-state index in [1.165, 1.54) is 5.56 Å². The zero-order valence-electron chi connectivity index (χ0n) is 13.9. The van der Waals surface area contributed by atoms with Gasteiger partial charge < -0.3 is 21.3 Å². The second-order valence-corrected chi connectivity index (χ2v) is 5.73. The standard InChI is InChI=1S/C11H15NO2.C6H13NO2/c13-11(14)9-12-8-4-7-10-5-2-1-3-6-10;1-4(2)3-5(7)6(8)9/h1-3,5-6,12H,4,7-9H2,(H,13,14);4-5H,3,7H2,1-2H3,(H,8,9). The second-order valence-electron chi connectivity index (χ2n) is 5.73. The van der Waals surface area contributed by atoms with Crippen molar-refractivity contribution in [3.05, 3.63) is 35.9 Å². The minimum Gasteiger partial charge on any atom is -0.480 e. The highest BCUT2D eigenvalue weighted by Crippen LogP contribution is 2.02. The number of carboxylic acid groups (broad SMARTS) is 2. The molecular formula is C17H28N2O4. The van der Waals surface area contributed by atoms with Crippen LogP contribution in [0.3, 0.4) is 0 Å². The summed E-state index contributed by atoms with van der Waals surface area (Å²) in [5.41, 5.74) is 6.51. The van der Waals surface area contributed by atoms with E-state index in [2.05, 4.69) is 17.4 Å². The van der Waals surface area contributed by atoms with Gasteiger partial charge in [0.05, 0.1) is 6.54 Å². The van der Waals surface area contributed by atoms with Gasteiger partial charge >= 0.3 is 11.9 Å². The monoisotopic (exact) mass is 324 g/mol. The summed E-state index contributed by atoms with van der Waals surface area (Å²) in [4.78, 5) is 20.3. The summed E-state index contributed by atoms with van der Waals surface area (Å²) in [6.45, 7) is 4.70. The first-order valence-electron chi connectivity index (χ1n) is 7.77. The van der Waals surface area contributed by atoms with Gasteiger partial charge in [-0.1, -0.05) is 44.2 Å². The number of carboxylic acids is 2. The molecule has 130 valence electrons. The lowest BCUT2D eigenvalue weighted by Gasteiger charge is -2.07. The van der Waals surface area contributed by atoms with Gasteiger partial charge in [-0.25, -0.2) is 0 Å². The van der Waals surface area contributed by atoms with Crippen molar-refractivity contribution >= 4 is 11.9 Å². The van der Waals surface area contributed by atoms with Crippen molar-refractivity contribution < 1.29 is 19.8 Å². The third kappa shape index (κ3) is 13.5. The lowest BCUT2D eigenvalue weighted by atomic mass is 10.1. The lowest BCUT2D eigenvalue weighted by molar-refractivity contribution is -0.139. The van der Waals surface area contributed by atoms with Crippen LogP contribution in [0.2, 0.25) is 0 Å². The van der Waals surface area contributed by atoms with Crippen molar-refractivity contribution in [3.8, 4) is 0 Å². The third-order valence-electron chi connectivity index (χ3n) is 2.98. The van der Waals surface area contributed by atoms with Gasteiger partial charge in [-0.15, -0.1) is 0 Å². The molecule has 0 saturated heterocycles. The van der Waals surface area contributed by atoms with Crippen LogP contribution >= 0.6 is 0 Å². The normalized spacial score (nSPS) is 11.5. The molecule has 6 heteroatoms. The number of nitrogens with two attached hydrogens (primary N) is 1. The average molecular weight is 324 g/mol. The van der Waals surface area contributed by atoms with E-state index in [1.54, 1.807) is 0 Å². The molecule has 0 heterocycles. The van der Waals surface area contributed by atoms with E-state index in [1.807, 2.05) is 32.0 Å². The van der Waals surface area contributed by atoms with Gasteiger partial charge in [0.1, 0.15) is 6.04 Å². The number of carbonyl (C=O) groups is 2. The maximum Gasteiger partial charge on any atom is 0.320 e. The predicted octanol–water partition coefficient (Wildman–Crippen LogP) is 1.74. The van der Waals surface area contributed by atoms with Gasteiger partial charge in [-0.3, -0.25) is 9.59 Å². The summed E-state index contributed by atoms with van der Waals surface area (Å²) < 4.78 is 0. The Hall–Kier alpha value is -1.92. The largest absolute Gasteiger partial charge is 0.480 e. The number of hydrogen-bond donors (Lipinski definition) is 4. The maximum atomic E-state index is 10.2. The number of rotatable bonds is 9.